The van der Waals surface area contributed by atoms with Crippen molar-refractivity contribution in [2.75, 3.05) is 19.7 Å². The number of ether oxygens (including phenoxy) is 1. The van der Waals surface area contributed by atoms with Gasteiger partial charge >= 0.3 is 0 Å². The smallest absolute Gasteiger partial charge is 0.254 e. The van der Waals surface area contributed by atoms with Gasteiger partial charge in [-0.1, -0.05) is 60.2 Å². The highest BCUT2D eigenvalue weighted by Crippen LogP contribution is 2.19. The summed E-state index contributed by atoms with van der Waals surface area (Å²) in [7, 11) is 0. The van der Waals surface area contributed by atoms with Gasteiger partial charge in [-0.05, 0) is 56.0 Å². The standard InChI is InChI=1S/C33H34N2O5/c1-23-14-15-30-29(17-23)32(37)26(22-40-30)19-34(18-25-10-4-3-5-11-25)31(36)21-35(20-27-12-8-16-39-27)33(38)28-13-7-6-9-24(28)2/h3-7,9-11,13-15,17,22,27H,8,12,16,18-21H2,1-2H3. The molecule has 4 aromatic rings. The Bertz CT molecular complexity index is 1560. The molecule has 1 saturated heterocycles. The average molecular weight is 539 g/mol. The number of fused-ring (bicyclic) bond motifs is 1. The van der Waals surface area contributed by atoms with E-state index in [2.05, 4.69) is 0 Å². The lowest BCUT2D eigenvalue weighted by molar-refractivity contribution is -0.133. The van der Waals surface area contributed by atoms with E-state index in [1.807, 2.05) is 68.4 Å². The van der Waals surface area contributed by atoms with Crippen molar-refractivity contribution < 1.29 is 18.7 Å². The van der Waals surface area contributed by atoms with Gasteiger partial charge in [0, 0.05) is 25.3 Å². The fourth-order valence-electron chi connectivity index (χ4n) is 5.14. The molecule has 0 saturated carbocycles. The predicted molar refractivity (Wildman–Crippen MR) is 154 cm³/mol. The number of carbonyl (C=O) groups excluding carboxylic acids is 2. The summed E-state index contributed by atoms with van der Waals surface area (Å²) in [6.45, 7) is 5.02. The highest BCUT2D eigenvalue weighted by Gasteiger charge is 2.28. The second kappa shape index (κ2) is 12.3. The third-order valence-electron chi connectivity index (χ3n) is 7.37. The Balaban J connectivity index is 1.45. The molecule has 0 N–H and O–H groups in total. The van der Waals surface area contributed by atoms with E-state index in [1.165, 1.54) is 6.26 Å². The number of rotatable bonds is 9. The van der Waals surface area contributed by atoms with Crippen LogP contribution in [0.25, 0.3) is 11.0 Å². The largest absolute Gasteiger partial charge is 0.464 e. The molecule has 3 aromatic carbocycles. The van der Waals surface area contributed by atoms with E-state index in [0.29, 0.717) is 35.2 Å². The highest BCUT2D eigenvalue weighted by atomic mass is 16.5. The van der Waals surface area contributed by atoms with Crippen LogP contribution in [0.4, 0.5) is 0 Å². The van der Waals surface area contributed by atoms with E-state index in [1.54, 1.807) is 28.0 Å². The lowest BCUT2D eigenvalue weighted by Gasteiger charge is -2.29. The SMILES string of the molecule is Cc1ccc2occ(CN(Cc3ccccc3)C(=O)CN(CC3CCCO3)C(=O)c3ccccc3C)c(=O)c2c1. The molecule has 1 atom stereocenters. The number of aryl methyl sites for hydroxylation is 2. The summed E-state index contributed by atoms with van der Waals surface area (Å²) in [5.74, 6) is -0.463. The molecule has 1 aliphatic heterocycles. The minimum Gasteiger partial charge on any atom is -0.464 e. The van der Waals surface area contributed by atoms with Gasteiger partial charge in [0.25, 0.3) is 5.91 Å². The van der Waals surface area contributed by atoms with Crippen LogP contribution >= 0.6 is 0 Å². The van der Waals surface area contributed by atoms with Gasteiger partial charge in [-0.25, -0.2) is 0 Å². The first-order valence-electron chi connectivity index (χ1n) is 13.7. The zero-order valence-electron chi connectivity index (χ0n) is 23.0. The normalized spacial score (nSPS) is 14.8. The fraction of sp³-hybridized carbons (Fsp3) is 0.303. The summed E-state index contributed by atoms with van der Waals surface area (Å²) in [5, 5.41) is 0.486. The summed E-state index contributed by atoms with van der Waals surface area (Å²) in [4.78, 5) is 44.2. The topological polar surface area (TPSA) is 80.1 Å². The molecule has 1 fully saturated rings. The first kappa shape index (κ1) is 27.3. The van der Waals surface area contributed by atoms with Crippen molar-refractivity contribution in [3.05, 3.63) is 117 Å². The molecule has 7 nitrogen and oxygen atoms in total. The maximum Gasteiger partial charge on any atom is 0.254 e. The zero-order chi connectivity index (χ0) is 28.1. The first-order chi connectivity index (χ1) is 19.4. The summed E-state index contributed by atoms with van der Waals surface area (Å²) in [5.41, 5.74) is 4.02. The van der Waals surface area contributed by atoms with Gasteiger partial charge < -0.3 is 19.0 Å². The maximum absolute atomic E-state index is 13.9. The highest BCUT2D eigenvalue weighted by molar-refractivity contribution is 5.97. The number of nitrogens with zero attached hydrogens (tertiary/aromatic N) is 2. The van der Waals surface area contributed by atoms with Crippen LogP contribution in [0.2, 0.25) is 0 Å². The van der Waals surface area contributed by atoms with Crippen LogP contribution in [0.1, 0.15) is 45.5 Å². The third-order valence-corrected chi connectivity index (χ3v) is 7.37. The lowest BCUT2D eigenvalue weighted by Crippen LogP contribution is -2.45. The second-order valence-corrected chi connectivity index (χ2v) is 10.5. The number of hydrogen-bond acceptors (Lipinski definition) is 5. The van der Waals surface area contributed by atoms with Crippen LogP contribution in [0.5, 0.6) is 0 Å². The first-order valence-corrected chi connectivity index (χ1v) is 13.7. The molecule has 1 unspecified atom stereocenters. The average Bonchev–Trinajstić information content (AvgIpc) is 3.47. The summed E-state index contributed by atoms with van der Waals surface area (Å²) >= 11 is 0. The van der Waals surface area contributed by atoms with Crippen LogP contribution in [0, 0.1) is 13.8 Å². The van der Waals surface area contributed by atoms with Crippen LogP contribution in [-0.2, 0) is 22.6 Å². The molecule has 0 bridgehead atoms. The van der Waals surface area contributed by atoms with E-state index in [0.717, 1.165) is 29.5 Å². The number of carbonyl (C=O) groups is 2. The molecule has 1 aliphatic rings. The van der Waals surface area contributed by atoms with E-state index in [9.17, 15) is 14.4 Å². The van der Waals surface area contributed by atoms with Crippen molar-refractivity contribution in [1.82, 2.24) is 9.80 Å². The fourth-order valence-corrected chi connectivity index (χ4v) is 5.14. The Morgan fingerprint density at radius 2 is 1.70 bits per heavy atom. The molecule has 2 amide bonds. The number of benzene rings is 3. The Morgan fingerprint density at radius 3 is 2.45 bits per heavy atom. The molecular weight excluding hydrogens is 504 g/mol. The molecule has 40 heavy (non-hydrogen) atoms. The minimum atomic E-state index is -0.257. The second-order valence-electron chi connectivity index (χ2n) is 10.5. The minimum absolute atomic E-state index is 0.0618. The summed E-state index contributed by atoms with van der Waals surface area (Å²) in [6.07, 6.45) is 3.10. The van der Waals surface area contributed by atoms with Crippen LogP contribution in [0.3, 0.4) is 0 Å². The molecule has 5 rings (SSSR count). The molecule has 2 heterocycles. The molecule has 1 aromatic heterocycles. The van der Waals surface area contributed by atoms with Crippen LogP contribution in [0.15, 0.2) is 88.3 Å². The molecular formula is C33H34N2O5. The Morgan fingerprint density at radius 1 is 0.925 bits per heavy atom. The van der Waals surface area contributed by atoms with E-state index in [4.69, 9.17) is 9.15 Å². The third kappa shape index (κ3) is 6.32. The molecule has 0 spiro atoms. The van der Waals surface area contributed by atoms with Crippen molar-refractivity contribution in [1.29, 1.82) is 0 Å². The number of amides is 2. The lowest BCUT2D eigenvalue weighted by atomic mass is 10.1. The van der Waals surface area contributed by atoms with Gasteiger partial charge in [0.1, 0.15) is 12.1 Å². The van der Waals surface area contributed by atoms with Crippen molar-refractivity contribution in [3.8, 4) is 0 Å². The van der Waals surface area contributed by atoms with Crippen LogP contribution in [-0.4, -0.2) is 47.4 Å². The number of hydrogen-bond donors (Lipinski definition) is 0. The van der Waals surface area contributed by atoms with Gasteiger partial charge in [-0.3, -0.25) is 14.4 Å². The van der Waals surface area contributed by atoms with E-state index >= 15 is 0 Å². The van der Waals surface area contributed by atoms with Crippen LogP contribution < -0.4 is 5.43 Å². The van der Waals surface area contributed by atoms with Gasteiger partial charge in [-0.15, -0.1) is 0 Å². The monoisotopic (exact) mass is 538 g/mol. The van der Waals surface area contributed by atoms with Crippen molar-refractivity contribution in [2.24, 2.45) is 0 Å². The zero-order valence-corrected chi connectivity index (χ0v) is 23.0. The van der Waals surface area contributed by atoms with Crippen molar-refractivity contribution >= 4 is 22.8 Å². The predicted octanol–water partition coefficient (Wildman–Crippen LogP) is 5.26. The molecule has 0 radical (unpaired) electrons. The van der Waals surface area contributed by atoms with E-state index in [-0.39, 0.29) is 43.0 Å². The van der Waals surface area contributed by atoms with Gasteiger partial charge in [0.05, 0.1) is 29.9 Å². The van der Waals surface area contributed by atoms with Gasteiger partial charge in [-0.2, -0.15) is 0 Å². The van der Waals surface area contributed by atoms with E-state index < -0.39 is 0 Å². The molecule has 7 heteroatoms. The van der Waals surface area contributed by atoms with Crippen molar-refractivity contribution in [3.63, 3.8) is 0 Å². The Kier molecular flexibility index (Phi) is 8.41. The molecule has 0 aliphatic carbocycles. The Hall–Kier alpha value is -4.23. The molecule has 206 valence electrons. The summed E-state index contributed by atoms with van der Waals surface area (Å²) in [6, 6.07) is 22.5. The maximum atomic E-state index is 13.9. The summed E-state index contributed by atoms with van der Waals surface area (Å²) < 4.78 is 11.6. The van der Waals surface area contributed by atoms with Gasteiger partial charge in [0.15, 0.2) is 5.43 Å². The van der Waals surface area contributed by atoms with Gasteiger partial charge in [0.2, 0.25) is 5.91 Å². The quantitative estimate of drug-likeness (QED) is 0.290. The Labute approximate surface area is 234 Å². The van der Waals surface area contributed by atoms with Crippen molar-refractivity contribution in [2.45, 2.75) is 45.9 Å².